The third kappa shape index (κ3) is 3.17. The molecule has 152 valence electrons. The summed E-state index contributed by atoms with van der Waals surface area (Å²) in [5.41, 5.74) is 0. The Morgan fingerprint density at radius 1 is 1.04 bits per heavy atom. The Hall–Kier alpha value is -1.78. The number of aromatic nitrogens is 2. The second-order valence-electron chi connectivity index (χ2n) is 7.80. The van der Waals surface area contributed by atoms with Gasteiger partial charge in [0.25, 0.3) is 0 Å². The monoisotopic (exact) mass is 407 g/mol. The molecule has 28 heavy (non-hydrogen) atoms. The van der Waals surface area contributed by atoms with Crippen molar-refractivity contribution in [1.82, 2.24) is 15.1 Å². The van der Waals surface area contributed by atoms with Crippen LogP contribution in [0.1, 0.15) is 38.5 Å². The van der Waals surface area contributed by atoms with Crippen molar-refractivity contribution in [3.05, 3.63) is 0 Å². The summed E-state index contributed by atoms with van der Waals surface area (Å²) in [6.07, 6.45) is 4.67. The van der Waals surface area contributed by atoms with Crippen molar-refractivity contribution < 1.29 is 19.1 Å². The maximum atomic E-state index is 13.2. The van der Waals surface area contributed by atoms with Crippen molar-refractivity contribution >= 4 is 33.4 Å². The highest BCUT2D eigenvalue weighted by Gasteiger charge is 2.43. The molecular weight excluding hydrogens is 382 g/mol. The van der Waals surface area contributed by atoms with E-state index in [0.717, 1.165) is 43.8 Å². The second kappa shape index (κ2) is 7.23. The first kappa shape index (κ1) is 18.3. The normalized spacial score (nSPS) is 27.4. The van der Waals surface area contributed by atoms with E-state index in [-0.39, 0.29) is 17.9 Å². The fourth-order valence-corrected chi connectivity index (χ4v) is 5.57. The minimum Gasteiger partial charge on any atom is -0.347 e. The summed E-state index contributed by atoms with van der Waals surface area (Å²) < 4.78 is 11.5. The molecule has 1 aromatic heterocycles. The molecular formula is C18H25N5O4S. The molecule has 0 aliphatic carbocycles. The van der Waals surface area contributed by atoms with Crippen molar-refractivity contribution in [3.63, 3.8) is 0 Å². The molecule has 10 heteroatoms. The van der Waals surface area contributed by atoms with Crippen LogP contribution in [0.4, 0.5) is 10.3 Å². The van der Waals surface area contributed by atoms with Crippen LogP contribution in [0.15, 0.2) is 0 Å². The van der Waals surface area contributed by atoms with Gasteiger partial charge in [-0.2, -0.15) is 0 Å². The maximum absolute atomic E-state index is 13.2. The topological polar surface area (TPSA) is 88.1 Å². The molecule has 4 aliphatic heterocycles. The number of piperidine rings is 1. The van der Waals surface area contributed by atoms with E-state index >= 15 is 0 Å². The Morgan fingerprint density at radius 2 is 1.79 bits per heavy atom. The van der Waals surface area contributed by atoms with E-state index in [9.17, 15) is 9.59 Å². The Morgan fingerprint density at radius 3 is 2.50 bits per heavy atom. The van der Waals surface area contributed by atoms with E-state index in [1.165, 1.54) is 11.3 Å². The molecule has 5 heterocycles. The predicted octanol–water partition coefficient (Wildman–Crippen LogP) is 0.999. The zero-order valence-corrected chi connectivity index (χ0v) is 16.7. The summed E-state index contributed by atoms with van der Waals surface area (Å²) in [6.45, 7) is 4.10. The van der Waals surface area contributed by atoms with Gasteiger partial charge >= 0.3 is 0 Å². The number of rotatable bonds is 3. The first-order chi connectivity index (χ1) is 13.7. The van der Waals surface area contributed by atoms with Crippen LogP contribution >= 0.6 is 11.3 Å². The van der Waals surface area contributed by atoms with Gasteiger partial charge in [-0.3, -0.25) is 14.5 Å². The number of carbonyl (C=O) groups is 2. The molecule has 4 aliphatic rings. The highest BCUT2D eigenvalue weighted by atomic mass is 32.1. The number of amides is 2. The molecule has 0 radical (unpaired) electrons. The largest absolute Gasteiger partial charge is 0.347 e. The van der Waals surface area contributed by atoms with Gasteiger partial charge in [-0.05, 0) is 19.3 Å². The molecule has 9 nitrogen and oxygen atoms in total. The molecule has 0 unspecified atom stereocenters. The molecule has 0 bridgehead atoms. The van der Waals surface area contributed by atoms with Crippen LogP contribution in [0.2, 0.25) is 0 Å². The van der Waals surface area contributed by atoms with E-state index < -0.39 is 5.79 Å². The lowest BCUT2D eigenvalue weighted by atomic mass is 10.0. The van der Waals surface area contributed by atoms with Crippen LogP contribution in [-0.2, 0) is 19.1 Å². The fourth-order valence-electron chi connectivity index (χ4n) is 4.60. The van der Waals surface area contributed by atoms with Crippen LogP contribution in [-0.4, -0.2) is 78.1 Å². The van der Waals surface area contributed by atoms with Crippen molar-refractivity contribution in [1.29, 1.82) is 0 Å². The molecule has 0 N–H and O–H groups in total. The van der Waals surface area contributed by atoms with Gasteiger partial charge in [0.15, 0.2) is 5.79 Å². The molecule has 1 spiro atoms. The van der Waals surface area contributed by atoms with E-state index in [0.29, 0.717) is 44.4 Å². The van der Waals surface area contributed by atoms with Gasteiger partial charge in [0.2, 0.25) is 22.1 Å². The summed E-state index contributed by atoms with van der Waals surface area (Å²) in [5.74, 6) is -0.211. The van der Waals surface area contributed by atoms with Gasteiger partial charge in [0.05, 0.1) is 13.2 Å². The van der Waals surface area contributed by atoms with E-state index in [1.807, 2.05) is 4.90 Å². The highest BCUT2D eigenvalue weighted by Crippen LogP contribution is 2.36. The zero-order valence-electron chi connectivity index (χ0n) is 15.8. The van der Waals surface area contributed by atoms with Gasteiger partial charge < -0.3 is 19.3 Å². The first-order valence-corrected chi connectivity index (χ1v) is 10.9. The number of anilines is 2. The number of ether oxygens (including phenoxy) is 2. The fraction of sp³-hybridized carbons (Fsp3) is 0.778. The lowest BCUT2D eigenvalue weighted by Gasteiger charge is -2.39. The average molecular weight is 407 g/mol. The summed E-state index contributed by atoms with van der Waals surface area (Å²) in [5, 5.41) is 9.91. The number of hydrogen-bond donors (Lipinski definition) is 0. The third-order valence-electron chi connectivity index (χ3n) is 6.14. The summed E-state index contributed by atoms with van der Waals surface area (Å²) in [4.78, 5) is 30.9. The van der Waals surface area contributed by atoms with Gasteiger partial charge in [0, 0.05) is 45.4 Å². The molecule has 5 rings (SSSR count). The summed E-state index contributed by atoms with van der Waals surface area (Å²) in [7, 11) is 0. The highest BCUT2D eigenvalue weighted by molar-refractivity contribution is 7.19. The minimum atomic E-state index is -0.470. The zero-order chi connectivity index (χ0) is 19.1. The van der Waals surface area contributed by atoms with Crippen molar-refractivity contribution in [2.24, 2.45) is 0 Å². The summed E-state index contributed by atoms with van der Waals surface area (Å²) in [6, 6.07) is -0.199. The molecule has 0 aromatic carbocycles. The van der Waals surface area contributed by atoms with Crippen molar-refractivity contribution in [3.8, 4) is 0 Å². The minimum absolute atomic E-state index is 0.107. The van der Waals surface area contributed by atoms with E-state index in [1.54, 1.807) is 4.90 Å². The number of likely N-dealkylation sites (tertiary alicyclic amines) is 1. The quantitative estimate of drug-likeness (QED) is 0.739. The van der Waals surface area contributed by atoms with Crippen LogP contribution in [0.3, 0.4) is 0 Å². The number of nitrogens with zero attached hydrogens (tertiary/aromatic N) is 5. The third-order valence-corrected chi connectivity index (χ3v) is 7.13. The number of carbonyl (C=O) groups excluding carboxylic acids is 2. The molecule has 4 fully saturated rings. The molecule has 4 saturated heterocycles. The van der Waals surface area contributed by atoms with Gasteiger partial charge in [-0.15, -0.1) is 10.2 Å². The Labute approximate surface area is 167 Å². The van der Waals surface area contributed by atoms with Gasteiger partial charge in [-0.1, -0.05) is 11.3 Å². The standard InChI is InChI=1S/C18H25N5O4S/c24-14-4-2-8-23(14)17-20-19-16(28-17)22-7-1-3-13(22)15(25)21-9-5-18(6-10-21)26-11-12-27-18/h13H,1-12H2/t13-/m0/s1. The summed E-state index contributed by atoms with van der Waals surface area (Å²) >= 11 is 1.41. The van der Waals surface area contributed by atoms with Crippen LogP contribution in [0.25, 0.3) is 0 Å². The van der Waals surface area contributed by atoms with Gasteiger partial charge in [-0.25, -0.2) is 0 Å². The van der Waals surface area contributed by atoms with Crippen molar-refractivity contribution in [2.75, 3.05) is 49.2 Å². The SMILES string of the molecule is O=C([C@@H]1CCCN1c1nnc(N2CCCC2=O)s1)N1CCC2(CC1)OCCO2. The molecule has 1 atom stereocenters. The van der Waals surface area contributed by atoms with Crippen LogP contribution < -0.4 is 9.80 Å². The lowest BCUT2D eigenvalue weighted by molar-refractivity contribution is -0.187. The van der Waals surface area contributed by atoms with Crippen LogP contribution in [0.5, 0.6) is 0 Å². The molecule has 2 amide bonds. The Balaban J connectivity index is 1.26. The molecule has 0 saturated carbocycles. The lowest BCUT2D eigenvalue weighted by Crippen LogP contribution is -2.52. The van der Waals surface area contributed by atoms with Gasteiger partial charge in [0.1, 0.15) is 6.04 Å². The number of hydrogen-bond acceptors (Lipinski definition) is 8. The van der Waals surface area contributed by atoms with E-state index in [2.05, 4.69) is 15.1 Å². The van der Waals surface area contributed by atoms with Crippen molar-refractivity contribution in [2.45, 2.75) is 50.4 Å². The average Bonchev–Trinajstić information content (AvgIpc) is 3.48. The molecule has 1 aromatic rings. The maximum Gasteiger partial charge on any atom is 0.245 e. The Bertz CT molecular complexity index is 755. The van der Waals surface area contributed by atoms with Crippen LogP contribution in [0, 0.1) is 0 Å². The first-order valence-electron chi connectivity index (χ1n) is 10.1. The smallest absolute Gasteiger partial charge is 0.245 e. The second-order valence-corrected chi connectivity index (χ2v) is 8.73. The Kier molecular flexibility index (Phi) is 4.72. The predicted molar refractivity (Wildman–Crippen MR) is 102 cm³/mol. The van der Waals surface area contributed by atoms with E-state index in [4.69, 9.17) is 9.47 Å².